The number of alkyl carbamates (subject to hydrolysis) is 1. The van der Waals surface area contributed by atoms with Crippen LogP contribution in [-0.4, -0.2) is 88.8 Å². The third kappa shape index (κ3) is 9.54. The minimum Gasteiger partial charge on any atom is -0.459 e. The molecule has 3 saturated carbocycles. The fourth-order valence-electron chi connectivity index (χ4n) is 9.80. The topological polar surface area (TPSA) is 195 Å². The molecule has 1 aromatic heterocycles. The summed E-state index contributed by atoms with van der Waals surface area (Å²) in [4.78, 5) is 77.4. The van der Waals surface area contributed by atoms with Crippen LogP contribution >= 0.6 is 0 Å². The van der Waals surface area contributed by atoms with Crippen LogP contribution < -0.4 is 25.7 Å². The van der Waals surface area contributed by atoms with Crippen molar-refractivity contribution in [3.8, 4) is 17.1 Å². The quantitative estimate of drug-likeness (QED) is 0.236. The summed E-state index contributed by atoms with van der Waals surface area (Å²) in [6.45, 7) is 5.65. The normalized spacial score (nSPS) is 26.1. The van der Waals surface area contributed by atoms with Gasteiger partial charge in [0.05, 0.1) is 22.7 Å². The minimum absolute atomic E-state index is 0.0433. The van der Waals surface area contributed by atoms with E-state index in [1.807, 2.05) is 42.5 Å². The van der Waals surface area contributed by atoms with Crippen molar-refractivity contribution in [2.75, 3.05) is 6.54 Å². The summed E-state index contributed by atoms with van der Waals surface area (Å²) in [5, 5.41) is 5.44. The Labute approximate surface area is 362 Å². The zero-order valence-corrected chi connectivity index (χ0v) is 36.2. The number of ether oxygens (including phenoxy) is 2. The molecule has 332 valence electrons. The lowest BCUT2D eigenvalue weighted by Crippen LogP contribution is -2.59. The first-order valence-corrected chi connectivity index (χ1v) is 24.0. The summed E-state index contributed by atoms with van der Waals surface area (Å²) in [6.07, 6.45) is 9.48. The third-order valence-corrected chi connectivity index (χ3v) is 15.4. The molecule has 3 heterocycles. The molecule has 8 rings (SSSR count). The van der Waals surface area contributed by atoms with Crippen LogP contribution in [-0.2, 0) is 35.7 Å². The molecular formula is C46H58N6O9S. The van der Waals surface area contributed by atoms with Crippen molar-refractivity contribution in [3.05, 3.63) is 71.5 Å². The second-order valence-corrected chi connectivity index (χ2v) is 19.8. The lowest BCUT2D eigenvalue weighted by molar-refractivity contribution is -0.142. The van der Waals surface area contributed by atoms with E-state index in [9.17, 15) is 32.4 Å². The van der Waals surface area contributed by atoms with E-state index in [1.54, 1.807) is 17.6 Å². The molecule has 3 N–H and O–H groups in total. The van der Waals surface area contributed by atoms with E-state index in [-0.39, 0.29) is 42.5 Å². The van der Waals surface area contributed by atoms with Crippen LogP contribution in [0.5, 0.6) is 6.01 Å². The van der Waals surface area contributed by atoms with E-state index in [0.29, 0.717) is 49.6 Å². The first kappa shape index (κ1) is 43.4. The first-order chi connectivity index (χ1) is 29.9. The van der Waals surface area contributed by atoms with Gasteiger partial charge < -0.3 is 25.0 Å². The summed E-state index contributed by atoms with van der Waals surface area (Å²) in [6, 6.07) is 11.8. The van der Waals surface area contributed by atoms with Crippen LogP contribution in [0.1, 0.15) is 96.8 Å². The van der Waals surface area contributed by atoms with Crippen molar-refractivity contribution in [1.82, 2.24) is 29.8 Å². The predicted molar refractivity (Wildman–Crippen MR) is 232 cm³/mol. The molecule has 3 aliphatic carbocycles. The molecule has 0 radical (unpaired) electrons. The van der Waals surface area contributed by atoms with Gasteiger partial charge in [-0.1, -0.05) is 75.1 Å². The van der Waals surface area contributed by atoms with E-state index >= 15 is 0 Å². The fraction of sp³-hybridized carbons (Fsp3) is 0.565. The number of hydrogen-bond donors (Lipinski definition) is 3. The average Bonchev–Trinajstić information content (AvgIpc) is 3.60. The maximum atomic E-state index is 15.0. The summed E-state index contributed by atoms with van der Waals surface area (Å²) in [5.41, 5.74) is 2.00. The highest BCUT2D eigenvalue weighted by Gasteiger charge is 2.47. The second-order valence-electron chi connectivity index (χ2n) is 17.9. The van der Waals surface area contributed by atoms with Crippen LogP contribution in [0.3, 0.4) is 0 Å². The van der Waals surface area contributed by atoms with Gasteiger partial charge in [0, 0.05) is 18.9 Å². The van der Waals surface area contributed by atoms with Gasteiger partial charge in [-0.25, -0.2) is 13.2 Å². The van der Waals surface area contributed by atoms with Crippen molar-refractivity contribution in [2.45, 2.75) is 139 Å². The maximum Gasteiger partial charge on any atom is 0.408 e. The van der Waals surface area contributed by atoms with E-state index in [2.05, 4.69) is 21.9 Å². The van der Waals surface area contributed by atoms with Gasteiger partial charge in [0.2, 0.25) is 21.8 Å². The van der Waals surface area contributed by atoms with Crippen molar-refractivity contribution in [2.24, 2.45) is 17.8 Å². The number of carbonyl (C=O) groups excluding carboxylic acids is 4. The van der Waals surface area contributed by atoms with Gasteiger partial charge in [0.1, 0.15) is 30.3 Å². The number of amides is 4. The number of aromatic nitrogens is 2. The number of hydrogen-bond acceptors (Lipinski definition) is 10. The molecule has 5 aliphatic rings. The molecule has 2 bridgehead atoms. The Bertz CT molecular complexity index is 2340. The van der Waals surface area contributed by atoms with E-state index in [0.717, 1.165) is 62.5 Å². The largest absolute Gasteiger partial charge is 0.459 e. The molecule has 15 nitrogen and oxygen atoms in total. The summed E-state index contributed by atoms with van der Waals surface area (Å²) < 4.78 is 42.0. The lowest BCUT2D eigenvalue weighted by atomic mass is 9.96. The van der Waals surface area contributed by atoms with Gasteiger partial charge >= 0.3 is 6.09 Å². The molecule has 4 fully saturated rings. The number of nitrogens with one attached hydrogen (secondary N) is 3. The van der Waals surface area contributed by atoms with Gasteiger partial charge in [-0.15, -0.1) is 6.58 Å². The summed E-state index contributed by atoms with van der Waals surface area (Å²) in [7, 11) is -3.94. The van der Waals surface area contributed by atoms with Gasteiger partial charge in [0.25, 0.3) is 17.5 Å². The zero-order valence-electron chi connectivity index (χ0n) is 35.3. The smallest absolute Gasteiger partial charge is 0.408 e. The molecule has 16 heteroatoms. The molecule has 62 heavy (non-hydrogen) atoms. The molecule has 1 saturated heterocycles. The minimum atomic E-state index is -3.94. The van der Waals surface area contributed by atoms with Gasteiger partial charge in [-0.2, -0.15) is 4.98 Å². The van der Waals surface area contributed by atoms with Crippen molar-refractivity contribution < 1.29 is 37.1 Å². The zero-order chi connectivity index (χ0) is 43.5. The molecule has 0 spiro atoms. The first-order valence-electron chi connectivity index (χ1n) is 22.4. The Kier molecular flexibility index (Phi) is 13.0. The SMILES string of the molecule is C=C[C@H](C)C(NC(=O)[C@@H]1C[C@@H]2CN1C(=O)[C@H](C1CCCC1)NC(=O)O[C@@H]1CCC[C@H]1CCCCCn1c(nc3cc(-c4ccccc4)ccc3c1=O)O2)C(=O)NS(=O)(=O)C1CC1. The number of carbonyl (C=O) groups is 4. The van der Waals surface area contributed by atoms with Crippen LogP contribution in [0.2, 0.25) is 0 Å². The Morgan fingerprint density at radius 3 is 2.35 bits per heavy atom. The standard InChI is InChI=1S/C46H58N6O9S/c1-3-28(2)39(42(54)50-62(58,59)34-21-22-34)48-41(53)37-26-33-27-52(37)44(56)40(31-16-9-10-17-31)49-46(57)61-38-19-12-18-30(38)15-8-5-11-24-51-43(55)35-23-20-32(29-13-6-4-7-14-29)25-36(35)47-45(51)60-33/h3-4,6-7,13-14,20,23,25,28,30-31,33-34,37-40H,1,5,8-12,15-19,21-22,24,26-27H2,2H3,(H,48,53)(H,49,57)(H,50,54)/t28-,30+,33+,37-,38+,39?,40-/m0/s1. The van der Waals surface area contributed by atoms with E-state index < -0.39 is 69.2 Å². The fourth-order valence-corrected chi connectivity index (χ4v) is 11.1. The van der Waals surface area contributed by atoms with Crippen LogP contribution in [0.15, 0.2) is 66.0 Å². The summed E-state index contributed by atoms with van der Waals surface area (Å²) >= 11 is 0. The molecular weight excluding hydrogens is 813 g/mol. The van der Waals surface area contributed by atoms with E-state index in [1.165, 1.54) is 11.0 Å². The monoisotopic (exact) mass is 870 g/mol. The Hall–Kier alpha value is -5.25. The Balaban J connectivity index is 1.16. The third-order valence-electron chi connectivity index (χ3n) is 13.5. The van der Waals surface area contributed by atoms with Crippen LogP contribution in [0.4, 0.5) is 4.79 Å². The predicted octanol–water partition coefficient (Wildman–Crippen LogP) is 5.35. The van der Waals surface area contributed by atoms with Gasteiger partial charge in [-0.05, 0) is 92.9 Å². The molecule has 1 unspecified atom stereocenters. The Morgan fingerprint density at radius 1 is 0.887 bits per heavy atom. The summed E-state index contributed by atoms with van der Waals surface area (Å²) in [5.74, 6) is -2.82. The van der Waals surface area contributed by atoms with Gasteiger partial charge in [0.15, 0.2) is 0 Å². The van der Waals surface area contributed by atoms with Crippen molar-refractivity contribution in [3.63, 3.8) is 0 Å². The van der Waals surface area contributed by atoms with Crippen molar-refractivity contribution >= 4 is 44.7 Å². The maximum absolute atomic E-state index is 15.0. The highest BCUT2D eigenvalue weighted by atomic mass is 32.2. The van der Waals surface area contributed by atoms with Gasteiger partial charge in [-0.3, -0.25) is 28.5 Å². The number of nitrogens with zero attached hydrogens (tertiary/aromatic N) is 3. The molecule has 2 aromatic carbocycles. The number of benzene rings is 2. The highest BCUT2D eigenvalue weighted by Crippen LogP contribution is 2.35. The number of fused-ring (bicyclic) bond motifs is 5. The van der Waals surface area contributed by atoms with Crippen LogP contribution in [0, 0.1) is 17.8 Å². The highest BCUT2D eigenvalue weighted by molar-refractivity contribution is 7.90. The Morgan fingerprint density at radius 2 is 1.61 bits per heavy atom. The molecule has 2 aliphatic heterocycles. The lowest BCUT2D eigenvalue weighted by Gasteiger charge is -2.32. The number of rotatable bonds is 9. The van der Waals surface area contributed by atoms with Crippen molar-refractivity contribution in [1.29, 1.82) is 0 Å². The van der Waals surface area contributed by atoms with Crippen LogP contribution in [0.25, 0.3) is 22.0 Å². The molecule has 7 atom stereocenters. The van der Waals surface area contributed by atoms with E-state index in [4.69, 9.17) is 14.5 Å². The molecule has 3 aromatic rings. The second kappa shape index (κ2) is 18.6. The molecule has 4 amide bonds. The number of sulfonamides is 1. The average molecular weight is 871 g/mol.